The molecule has 1 saturated carbocycles. The minimum absolute atomic E-state index is 0.199. The van der Waals surface area contributed by atoms with Gasteiger partial charge in [-0.25, -0.2) is 0 Å². The van der Waals surface area contributed by atoms with Gasteiger partial charge in [0.1, 0.15) is 0 Å². The predicted molar refractivity (Wildman–Crippen MR) is 58.0 cm³/mol. The van der Waals surface area contributed by atoms with Crippen LogP contribution in [0.25, 0.3) is 0 Å². The Morgan fingerprint density at radius 2 is 2.14 bits per heavy atom. The maximum Gasteiger partial charge on any atom is 0.0577 e. The monoisotopic (exact) mass is 200 g/mol. The van der Waals surface area contributed by atoms with Gasteiger partial charge in [0.05, 0.1) is 6.10 Å². The summed E-state index contributed by atoms with van der Waals surface area (Å²) in [6, 6.07) is 0. The highest BCUT2D eigenvalue weighted by Crippen LogP contribution is 2.43. The quantitative estimate of drug-likeness (QED) is 0.733. The third-order valence-electron chi connectivity index (χ3n) is 4.15. The second-order valence-corrected chi connectivity index (χ2v) is 5.30. The summed E-state index contributed by atoms with van der Waals surface area (Å²) in [4.78, 5) is 0. The second-order valence-electron chi connectivity index (χ2n) is 5.30. The van der Waals surface area contributed by atoms with E-state index in [1.165, 1.54) is 6.42 Å². The van der Waals surface area contributed by atoms with Gasteiger partial charge in [-0.1, -0.05) is 27.2 Å². The van der Waals surface area contributed by atoms with E-state index >= 15 is 0 Å². The highest BCUT2D eigenvalue weighted by atomic mass is 16.3. The summed E-state index contributed by atoms with van der Waals surface area (Å²) in [5, 5.41) is 19.1. The van der Waals surface area contributed by atoms with Crippen LogP contribution in [0.1, 0.15) is 46.5 Å². The van der Waals surface area contributed by atoms with Crippen LogP contribution in [0.15, 0.2) is 0 Å². The normalized spacial score (nSPS) is 40.9. The first-order valence-electron chi connectivity index (χ1n) is 5.81. The summed E-state index contributed by atoms with van der Waals surface area (Å²) in [5.74, 6) is 0.547. The lowest BCUT2D eigenvalue weighted by molar-refractivity contribution is -0.0245. The molecule has 0 aromatic carbocycles. The van der Waals surface area contributed by atoms with E-state index in [0.717, 1.165) is 19.3 Å². The number of hydrogen-bond donors (Lipinski definition) is 2. The molecule has 0 spiro atoms. The average molecular weight is 200 g/mol. The third kappa shape index (κ3) is 2.48. The van der Waals surface area contributed by atoms with Gasteiger partial charge in [0, 0.05) is 6.61 Å². The maximum absolute atomic E-state index is 10.0. The van der Waals surface area contributed by atoms with E-state index < -0.39 is 0 Å². The fourth-order valence-corrected chi connectivity index (χ4v) is 2.59. The SMILES string of the molecule is CCC1(C)CCC(C(C)CO)C(O)C1. The summed E-state index contributed by atoms with van der Waals surface area (Å²) in [7, 11) is 0. The first-order chi connectivity index (χ1) is 6.52. The second kappa shape index (κ2) is 4.63. The van der Waals surface area contributed by atoms with Gasteiger partial charge in [-0.2, -0.15) is 0 Å². The Labute approximate surface area is 87.3 Å². The van der Waals surface area contributed by atoms with Crippen LogP contribution in [-0.4, -0.2) is 22.9 Å². The average Bonchev–Trinajstić information content (AvgIpc) is 2.17. The maximum atomic E-state index is 10.0. The van der Waals surface area contributed by atoms with Gasteiger partial charge in [0.2, 0.25) is 0 Å². The van der Waals surface area contributed by atoms with Crippen LogP contribution < -0.4 is 0 Å². The van der Waals surface area contributed by atoms with E-state index in [9.17, 15) is 5.11 Å². The molecular formula is C12H24O2. The zero-order chi connectivity index (χ0) is 10.8. The van der Waals surface area contributed by atoms with Crippen molar-refractivity contribution in [3.63, 3.8) is 0 Å². The lowest BCUT2D eigenvalue weighted by atomic mass is 9.66. The fraction of sp³-hybridized carbons (Fsp3) is 1.00. The molecule has 0 bridgehead atoms. The smallest absolute Gasteiger partial charge is 0.0577 e. The Balaban J connectivity index is 2.56. The molecule has 0 aromatic rings. The molecular weight excluding hydrogens is 176 g/mol. The third-order valence-corrected chi connectivity index (χ3v) is 4.15. The molecule has 2 N–H and O–H groups in total. The highest BCUT2D eigenvalue weighted by Gasteiger charge is 2.37. The van der Waals surface area contributed by atoms with E-state index in [1.807, 2.05) is 6.92 Å². The summed E-state index contributed by atoms with van der Waals surface area (Å²) < 4.78 is 0. The molecule has 14 heavy (non-hydrogen) atoms. The Bertz CT molecular complexity index is 181. The van der Waals surface area contributed by atoms with Gasteiger partial charge in [-0.15, -0.1) is 0 Å². The molecule has 1 aliphatic carbocycles. The number of hydrogen-bond acceptors (Lipinski definition) is 2. The molecule has 4 unspecified atom stereocenters. The molecule has 0 saturated heterocycles. The summed E-state index contributed by atoms with van der Waals surface area (Å²) >= 11 is 0. The van der Waals surface area contributed by atoms with E-state index in [4.69, 9.17) is 5.11 Å². The Morgan fingerprint density at radius 3 is 2.57 bits per heavy atom. The zero-order valence-corrected chi connectivity index (χ0v) is 9.66. The molecule has 1 rings (SSSR count). The van der Waals surface area contributed by atoms with Gasteiger partial charge < -0.3 is 10.2 Å². The number of rotatable bonds is 3. The summed E-state index contributed by atoms with van der Waals surface area (Å²) in [5.41, 5.74) is 0.324. The molecule has 0 radical (unpaired) electrons. The van der Waals surface area contributed by atoms with E-state index in [1.54, 1.807) is 0 Å². The van der Waals surface area contributed by atoms with Crippen molar-refractivity contribution >= 4 is 0 Å². The van der Waals surface area contributed by atoms with Crippen LogP contribution in [-0.2, 0) is 0 Å². The summed E-state index contributed by atoms with van der Waals surface area (Å²) in [6.07, 6.45) is 4.09. The minimum Gasteiger partial charge on any atom is -0.396 e. The molecule has 0 aliphatic heterocycles. The van der Waals surface area contributed by atoms with Crippen molar-refractivity contribution in [2.45, 2.75) is 52.6 Å². The van der Waals surface area contributed by atoms with E-state index in [2.05, 4.69) is 13.8 Å². The molecule has 2 nitrogen and oxygen atoms in total. The van der Waals surface area contributed by atoms with Gasteiger partial charge in [0.15, 0.2) is 0 Å². The molecule has 1 aliphatic rings. The predicted octanol–water partition coefficient (Wildman–Crippen LogP) is 2.19. The first-order valence-corrected chi connectivity index (χ1v) is 5.81. The minimum atomic E-state index is -0.212. The molecule has 4 atom stereocenters. The Morgan fingerprint density at radius 1 is 1.50 bits per heavy atom. The molecule has 0 amide bonds. The highest BCUT2D eigenvalue weighted by molar-refractivity contribution is 4.88. The lowest BCUT2D eigenvalue weighted by Gasteiger charge is -2.42. The topological polar surface area (TPSA) is 40.5 Å². The Kier molecular flexibility index (Phi) is 3.96. The fourth-order valence-electron chi connectivity index (χ4n) is 2.59. The van der Waals surface area contributed by atoms with Crippen molar-refractivity contribution in [1.29, 1.82) is 0 Å². The molecule has 0 aromatic heterocycles. The van der Waals surface area contributed by atoms with E-state index in [0.29, 0.717) is 11.3 Å². The van der Waals surface area contributed by atoms with Crippen molar-refractivity contribution in [2.75, 3.05) is 6.61 Å². The van der Waals surface area contributed by atoms with Crippen LogP contribution in [0, 0.1) is 17.3 Å². The van der Waals surface area contributed by atoms with E-state index in [-0.39, 0.29) is 18.6 Å². The molecule has 0 heterocycles. The van der Waals surface area contributed by atoms with Crippen LogP contribution in [0.2, 0.25) is 0 Å². The molecule has 84 valence electrons. The summed E-state index contributed by atoms with van der Waals surface area (Å²) in [6.45, 7) is 6.69. The van der Waals surface area contributed by atoms with Crippen molar-refractivity contribution in [2.24, 2.45) is 17.3 Å². The Hall–Kier alpha value is -0.0800. The molecule has 2 heteroatoms. The van der Waals surface area contributed by atoms with Gasteiger partial charge in [-0.05, 0) is 36.5 Å². The lowest BCUT2D eigenvalue weighted by Crippen LogP contribution is -2.38. The van der Waals surface area contributed by atoms with Gasteiger partial charge >= 0.3 is 0 Å². The van der Waals surface area contributed by atoms with Crippen LogP contribution >= 0.6 is 0 Å². The van der Waals surface area contributed by atoms with Crippen LogP contribution in [0.3, 0.4) is 0 Å². The number of aliphatic hydroxyl groups is 2. The first kappa shape index (κ1) is 12.0. The number of aliphatic hydroxyl groups excluding tert-OH is 2. The van der Waals surface area contributed by atoms with Crippen molar-refractivity contribution in [3.05, 3.63) is 0 Å². The van der Waals surface area contributed by atoms with Gasteiger partial charge in [0.25, 0.3) is 0 Å². The van der Waals surface area contributed by atoms with Crippen LogP contribution in [0.4, 0.5) is 0 Å². The largest absolute Gasteiger partial charge is 0.396 e. The van der Waals surface area contributed by atoms with Crippen molar-refractivity contribution < 1.29 is 10.2 Å². The van der Waals surface area contributed by atoms with Gasteiger partial charge in [-0.3, -0.25) is 0 Å². The van der Waals surface area contributed by atoms with Crippen molar-refractivity contribution in [3.8, 4) is 0 Å². The standard InChI is InChI=1S/C12H24O2/c1-4-12(3)6-5-10(9(2)8-13)11(14)7-12/h9-11,13-14H,4-8H2,1-3H3. The van der Waals surface area contributed by atoms with Crippen LogP contribution in [0.5, 0.6) is 0 Å². The van der Waals surface area contributed by atoms with Crippen molar-refractivity contribution in [1.82, 2.24) is 0 Å². The zero-order valence-electron chi connectivity index (χ0n) is 9.66. The molecule has 1 fully saturated rings.